The van der Waals surface area contributed by atoms with Crippen LogP contribution in [-0.4, -0.2) is 25.3 Å². The Labute approximate surface area is 102 Å². The highest BCUT2D eigenvalue weighted by Gasteiger charge is 2.16. The third-order valence-corrected chi connectivity index (χ3v) is 3.26. The maximum Gasteiger partial charge on any atom is 0.0634 e. The first-order valence-electron chi connectivity index (χ1n) is 6.84. The van der Waals surface area contributed by atoms with E-state index < -0.39 is 0 Å². The van der Waals surface area contributed by atoms with Gasteiger partial charge in [0.05, 0.1) is 5.60 Å². The van der Waals surface area contributed by atoms with E-state index in [9.17, 15) is 0 Å². The molecule has 1 atom stereocenters. The molecule has 0 bridgehead atoms. The van der Waals surface area contributed by atoms with Crippen LogP contribution < -0.4 is 5.32 Å². The first kappa shape index (κ1) is 15.9. The van der Waals surface area contributed by atoms with Crippen molar-refractivity contribution in [2.45, 2.75) is 77.9 Å². The Bertz CT molecular complexity index is 157. The van der Waals surface area contributed by atoms with Crippen molar-refractivity contribution in [1.29, 1.82) is 0 Å². The second-order valence-corrected chi connectivity index (χ2v) is 5.30. The zero-order valence-corrected chi connectivity index (χ0v) is 11.9. The van der Waals surface area contributed by atoms with Crippen LogP contribution in [0.15, 0.2) is 0 Å². The van der Waals surface area contributed by atoms with E-state index in [-0.39, 0.29) is 5.60 Å². The quantitative estimate of drug-likeness (QED) is 0.616. The first-order valence-corrected chi connectivity index (χ1v) is 6.84. The second kappa shape index (κ2) is 9.00. The fourth-order valence-electron chi connectivity index (χ4n) is 1.83. The van der Waals surface area contributed by atoms with Gasteiger partial charge in [0, 0.05) is 13.2 Å². The highest BCUT2D eigenvalue weighted by molar-refractivity contribution is 4.72. The fourth-order valence-corrected chi connectivity index (χ4v) is 1.83. The molecule has 0 rings (SSSR count). The van der Waals surface area contributed by atoms with E-state index in [0.717, 1.165) is 13.0 Å². The lowest BCUT2D eigenvalue weighted by molar-refractivity contribution is 0.0152. The lowest BCUT2D eigenvalue weighted by Gasteiger charge is -2.25. The standard InChI is InChI=1S/C14H31NO/c1-6-8-10-13(9-7-2)15-12-11-14(3,4)16-5/h13,15H,6-12H2,1-5H3. The third kappa shape index (κ3) is 8.12. The molecule has 0 aliphatic rings. The number of methoxy groups -OCH3 is 1. The smallest absolute Gasteiger partial charge is 0.0634 e. The van der Waals surface area contributed by atoms with Crippen molar-refractivity contribution in [1.82, 2.24) is 5.32 Å². The van der Waals surface area contributed by atoms with Crippen LogP contribution in [0.3, 0.4) is 0 Å². The molecule has 0 aliphatic heterocycles. The Kier molecular flexibility index (Phi) is 8.96. The average Bonchev–Trinajstić information content (AvgIpc) is 2.25. The minimum Gasteiger partial charge on any atom is -0.379 e. The van der Waals surface area contributed by atoms with E-state index in [2.05, 4.69) is 33.0 Å². The maximum atomic E-state index is 5.42. The number of hydrogen-bond acceptors (Lipinski definition) is 2. The van der Waals surface area contributed by atoms with Crippen LogP contribution in [0.25, 0.3) is 0 Å². The highest BCUT2D eigenvalue weighted by Crippen LogP contribution is 2.13. The average molecular weight is 229 g/mol. The molecular formula is C14H31NO. The van der Waals surface area contributed by atoms with Crippen molar-refractivity contribution in [3.63, 3.8) is 0 Å². The van der Waals surface area contributed by atoms with Crippen LogP contribution in [0, 0.1) is 0 Å². The maximum absolute atomic E-state index is 5.42. The van der Waals surface area contributed by atoms with E-state index in [0.29, 0.717) is 6.04 Å². The van der Waals surface area contributed by atoms with Crippen molar-refractivity contribution < 1.29 is 4.74 Å². The van der Waals surface area contributed by atoms with E-state index in [4.69, 9.17) is 4.74 Å². The molecule has 2 nitrogen and oxygen atoms in total. The Morgan fingerprint density at radius 3 is 2.31 bits per heavy atom. The second-order valence-electron chi connectivity index (χ2n) is 5.30. The molecule has 0 aromatic carbocycles. The summed E-state index contributed by atoms with van der Waals surface area (Å²) in [6, 6.07) is 0.706. The molecule has 0 amide bonds. The van der Waals surface area contributed by atoms with Gasteiger partial charge in [0.15, 0.2) is 0 Å². The molecule has 0 aliphatic carbocycles. The van der Waals surface area contributed by atoms with Crippen molar-refractivity contribution in [2.75, 3.05) is 13.7 Å². The van der Waals surface area contributed by atoms with Gasteiger partial charge in [-0.15, -0.1) is 0 Å². The van der Waals surface area contributed by atoms with E-state index >= 15 is 0 Å². The normalized spacial score (nSPS) is 14.1. The van der Waals surface area contributed by atoms with Crippen LogP contribution in [0.2, 0.25) is 0 Å². The van der Waals surface area contributed by atoms with Gasteiger partial charge in [0.1, 0.15) is 0 Å². The first-order chi connectivity index (χ1) is 7.55. The largest absolute Gasteiger partial charge is 0.379 e. The van der Waals surface area contributed by atoms with E-state index in [1.165, 1.54) is 32.1 Å². The Morgan fingerprint density at radius 2 is 1.81 bits per heavy atom. The predicted octanol–water partition coefficient (Wildman–Crippen LogP) is 3.75. The molecule has 0 aromatic heterocycles. The van der Waals surface area contributed by atoms with Crippen molar-refractivity contribution in [3.05, 3.63) is 0 Å². The van der Waals surface area contributed by atoms with Gasteiger partial charge in [-0.2, -0.15) is 0 Å². The predicted molar refractivity (Wildman–Crippen MR) is 71.9 cm³/mol. The van der Waals surface area contributed by atoms with Crippen LogP contribution in [0.4, 0.5) is 0 Å². The Balaban J connectivity index is 3.74. The van der Waals surface area contributed by atoms with Gasteiger partial charge < -0.3 is 10.1 Å². The summed E-state index contributed by atoms with van der Waals surface area (Å²) in [5.41, 5.74) is 0.00845. The van der Waals surface area contributed by atoms with Gasteiger partial charge in [0.2, 0.25) is 0 Å². The Hall–Kier alpha value is -0.0800. The van der Waals surface area contributed by atoms with E-state index in [1.807, 2.05) is 0 Å². The monoisotopic (exact) mass is 229 g/mol. The molecule has 98 valence electrons. The molecule has 0 fully saturated rings. The zero-order valence-electron chi connectivity index (χ0n) is 11.9. The molecule has 0 saturated heterocycles. The van der Waals surface area contributed by atoms with Crippen LogP contribution >= 0.6 is 0 Å². The number of hydrogen-bond donors (Lipinski definition) is 1. The van der Waals surface area contributed by atoms with Gasteiger partial charge >= 0.3 is 0 Å². The topological polar surface area (TPSA) is 21.3 Å². The summed E-state index contributed by atoms with van der Waals surface area (Å²) in [5.74, 6) is 0. The lowest BCUT2D eigenvalue weighted by atomic mass is 10.0. The van der Waals surface area contributed by atoms with Gasteiger partial charge in [0.25, 0.3) is 0 Å². The molecule has 0 aromatic rings. The number of nitrogens with one attached hydrogen (secondary N) is 1. The molecule has 0 saturated carbocycles. The molecule has 1 N–H and O–H groups in total. The summed E-state index contributed by atoms with van der Waals surface area (Å²) in [6.07, 6.45) is 7.60. The van der Waals surface area contributed by atoms with Crippen LogP contribution in [0.1, 0.15) is 66.2 Å². The summed E-state index contributed by atoms with van der Waals surface area (Å²) >= 11 is 0. The molecule has 16 heavy (non-hydrogen) atoms. The van der Waals surface area contributed by atoms with Gasteiger partial charge in [-0.05, 0) is 39.7 Å². The molecule has 0 radical (unpaired) electrons. The molecular weight excluding hydrogens is 198 g/mol. The molecule has 0 spiro atoms. The fraction of sp³-hybridized carbons (Fsp3) is 1.00. The highest BCUT2D eigenvalue weighted by atomic mass is 16.5. The summed E-state index contributed by atoms with van der Waals surface area (Å²) in [7, 11) is 1.79. The SMILES string of the molecule is CCCCC(CCC)NCCC(C)(C)OC. The number of ether oxygens (including phenoxy) is 1. The van der Waals surface area contributed by atoms with Gasteiger partial charge in [-0.25, -0.2) is 0 Å². The lowest BCUT2D eigenvalue weighted by Crippen LogP contribution is -2.34. The minimum absolute atomic E-state index is 0.00845. The summed E-state index contributed by atoms with van der Waals surface area (Å²) in [5, 5.41) is 3.67. The van der Waals surface area contributed by atoms with Crippen LogP contribution in [0.5, 0.6) is 0 Å². The summed E-state index contributed by atoms with van der Waals surface area (Å²) in [6.45, 7) is 9.89. The van der Waals surface area contributed by atoms with Crippen molar-refractivity contribution in [2.24, 2.45) is 0 Å². The zero-order chi connectivity index (χ0) is 12.4. The summed E-state index contributed by atoms with van der Waals surface area (Å²) in [4.78, 5) is 0. The van der Waals surface area contributed by atoms with Crippen LogP contribution in [-0.2, 0) is 4.74 Å². The van der Waals surface area contributed by atoms with Gasteiger partial charge in [-0.1, -0.05) is 33.1 Å². The van der Waals surface area contributed by atoms with Crippen molar-refractivity contribution >= 4 is 0 Å². The number of rotatable bonds is 10. The summed E-state index contributed by atoms with van der Waals surface area (Å²) < 4.78 is 5.42. The molecule has 0 heterocycles. The Morgan fingerprint density at radius 1 is 1.12 bits per heavy atom. The van der Waals surface area contributed by atoms with Gasteiger partial charge in [-0.3, -0.25) is 0 Å². The third-order valence-electron chi connectivity index (χ3n) is 3.26. The van der Waals surface area contributed by atoms with E-state index in [1.54, 1.807) is 7.11 Å². The minimum atomic E-state index is 0.00845. The molecule has 1 unspecified atom stereocenters. The molecule has 2 heteroatoms. The number of unbranched alkanes of at least 4 members (excludes halogenated alkanes) is 1. The van der Waals surface area contributed by atoms with Crippen molar-refractivity contribution in [3.8, 4) is 0 Å².